The fourth-order valence-corrected chi connectivity index (χ4v) is 2.00. The summed E-state index contributed by atoms with van der Waals surface area (Å²) in [5.41, 5.74) is 0.948. The number of hydrogen-bond donors (Lipinski definition) is 0. The van der Waals surface area contributed by atoms with Gasteiger partial charge >= 0.3 is 0 Å². The van der Waals surface area contributed by atoms with Gasteiger partial charge in [0.2, 0.25) is 0 Å². The third kappa shape index (κ3) is 3.17. The van der Waals surface area contributed by atoms with Gasteiger partial charge in [-0.15, -0.1) is 0 Å². The van der Waals surface area contributed by atoms with E-state index >= 15 is 0 Å². The van der Waals surface area contributed by atoms with Crippen molar-refractivity contribution in [3.8, 4) is 0 Å². The Morgan fingerprint density at radius 3 is 2.67 bits per heavy atom. The third-order valence-electron chi connectivity index (χ3n) is 2.33. The fraction of sp³-hybridized carbons (Fsp3) is 0.0769. The largest absolute Gasteiger partial charge is 0.282 e. The van der Waals surface area contributed by atoms with Gasteiger partial charge < -0.3 is 0 Å². The molecule has 2 aromatic rings. The van der Waals surface area contributed by atoms with Crippen molar-refractivity contribution in [2.24, 2.45) is 0 Å². The summed E-state index contributed by atoms with van der Waals surface area (Å²) in [6.07, 6.45) is 5.47. The van der Waals surface area contributed by atoms with Gasteiger partial charge in [0.25, 0.3) is 5.56 Å². The van der Waals surface area contributed by atoms with E-state index in [2.05, 4.69) is 37.0 Å². The number of rotatable bonds is 3. The summed E-state index contributed by atoms with van der Waals surface area (Å²) in [7, 11) is 0. The average Bonchev–Trinajstić information content (AvgIpc) is 2.40. The van der Waals surface area contributed by atoms with Gasteiger partial charge in [-0.25, -0.2) is 4.68 Å². The van der Waals surface area contributed by atoms with Gasteiger partial charge in [0, 0.05) is 0 Å². The summed E-state index contributed by atoms with van der Waals surface area (Å²) < 4.78 is 2.55. The molecule has 0 N–H and O–H groups in total. The van der Waals surface area contributed by atoms with Crippen LogP contribution in [0.25, 0.3) is 6.08 Å². The van der Waals surface area contributed by atoms with Crippen molar-refractivity contribution in [1.29, 1.82) is 0 Å². The number of hydrogen-bond acceptors (Lipinski definition) is 2. The van der Waals surface area contributed by atoms with E-state index in [0.717, 1.165) is 5.56 Å². The summed E-state index contributed by atoms with van der Waals surface area (Å²) in [6, 6.07) is 9.92. The Labute approximate surface area is 121 Å². The van der Waals surface area contributed by atoms with Crippen molar-refractivity contribution in [3.63, 3.8) is 0 Å². The molecule has 0 atom stereocenters. The molecule has 0 aliphatic rings. The van der Waals surface area contributed by atoms with Crippen molar-refractivity contribution in [2.45, 2.75) is 6.54 Å². The van der Waals surface area contributed by atoms with Crippen LogP contribution in [-0.4, -0.2) is 9.78 Å². The molecule has 0 amide bonds. The first-order chi connectivity index (χ1) is 8.68. The Bertz CT molecular complexity index is 621. The van der Waals surface area contributed by atoms with Crippen LogP contribution in [0.2, 0.25) is 0 Å². The molecule has 0 fully saturated rings. The quantitative estimate of drug-likeness (QED) is 0.830. The lowest BCUT2D eigenvalue weighted by Crippen LogP contribution is -2.22. The van der Waals surface area contributed by atoms with Crippen molar-refractivity contribution in [2.75, 3.05) is 0 Å². The van der Waals surface area contributed by atoms with E-state index in [4.69, 9.17) is 0 Å². The van der Waals surface area contributed by atoms with E-state index in [1.54, 1.807) is 6.20 Å². The number of aromatic nitrogens is 2. The maximum absolute atomic E-state index is 11.8. The zero-order valence-electron chi connectivity index (χ0n) is 9.38. The van der Waals surface area contributed by atoms with Gasteiger partial charge in [-0.05, 0) is 37.4 Å². The van der Waals surface area contributed by atoms with Gasteiger partial charge in [-0.3, -0.25) is 4.79 Å². The minimum absolute atomic E-state index is 0.151. The molecule has 0 aliphatic carbocycles. The van der Waals surface area contributed by atoms with Crippen LogP contribution in [0.1, 0.15) is 5.56 Å². The summed E-state index contributed by atoms with van der Waals surface area (Å²) in [5, 5.41) is 4.05. The molecule has 3 nitrogen and oxygen atoms in total. The Morgan fingerprint density at radius 1 is 1.22 bits per heavy atom. The van der Waals surface area contributed by atoms with Crippen LogP contribution >= 0.6 is 31.9 Å². The Morgan fingerprint density at radius 2 is 1.94 bits per heavy atom. The molecule has 5 heteroatoms. The summed E-state index contributed by atoms with van der Waals surface area (Å²) in [5.74, 6) is 0. The predicted octanol–water partition coefficient (Wildman–Crippen LogP) is 3.48. The van der Waals surface area contributed by atoms with E-state index in [0.29, 0.717) is 15.5 Å². The maximum atomic E-state index is 11.8. The first-order valence-corrected chi connectivity index (χ1v) is 6.90. The lowest BCUT2D eigenvalue weighted by atomic mass is 10.2. The molecule has 92 valence electrons. The van der Waals surface area contributed by atoms with Gasteiger partial charge in [0.15, 0.2) is 0 Å². The number of nitrogens with zero attached hydrogens (tertiary/aromatic N) is 2. The zero-order chi connectivity index (χ0) is 13.0. The SMILES string of the molecule is O=c1c(Br)c(Br)cnn1CC=Cc1ccccc1. The highest BCUT2D eigenvalue weighted by Gasteiger charge is 2.04. The molecule has 1 aromatic heterocycles. The molecule has 0 saturated carbocycles. The number of halogens is 2. The highest BCUT2D eigenvalue weighted by molar-refractivity contribution is 9.13. The standard InChI is InChI=1S/C13H10Br2N2O/c14-11-9-16-17(13(18)12(11)15)8-4-7-10-5-2-1-3-6-10/h1-7,9H,8H2. The van der Waals surface area contributed by atoms with Crippen molar-refractivity contribution in [1.82, 2.24) is 9.78 Å². The summed E-state index contributed by atoms with van der Waals surface area (Å²) in [4.78, 5) is 11.8. The Hall–Kier alpha value is -1.20. The van der Waals surface area contributed by atoms with Gasteiger partial charge in [-0.2, -0.15) is 5.10 Å². The topological polar surface area (TPSA) is 34.9 Å². The monoisotopic (exact) mass is 368 g/mol. The average molecular weight is 370 g/mol. The van der Waals surface area contributed by atoms with E-state index in [9.17, 15) is 4.79 Å². The first kappa shape index (κ1) is 13.2. The number of allylic oxidation sites excluding steroid dienone is 1. The molecule has 0 aliphatic heterocycles. The molecule has 2 rings (SSSR count). The van der Waals surface area contributed by atoms with Crippen LogP contribution in [0, 0.1) is 0 Å². The molecule has 0 bridgehead atoms. The van der Waals surface area contributed by atoms with Crippen LogP contribution in [0.4, 0.5) is 0 Å². The van der Waals surface area contributed by atoms with Crippen LogP contribution in [-0.2, 0) is 6.54 Å². The lowest BCUT2D eigenvalue weighted by Gasteiger charge is -2.02. The summed E-state index contributed by atoms with van der Waals surface area (Å²) >= 11 is 6.47. The smallest absolute Gasteiger partial charge is 0.266 e. The second-order valence-corrected chi connectivity index (χ2v) is 5.25. The molecule has 18 heavy (non-hydrogen) atoms. The molecular formula is C13H10Br2N2O. The van der Waals surface area contributed by atoms with Gasteiger partial charge in [0.05, 0.1) is 17.2 Å². The molecule has 0 unspecified atom stereocenters. The normalized spacial score (nSPS) is 11.0. The second kappa shape index (κ2) is 6.11. The highest BCUT2D eigenvalue weighted by atomic mass is 79.9. The van der Waals surface area contributed by atoms with Crippen LogP contribution < -0.4 is 5.56 Å². The minimum atomic E-state index is -0.151. The predicted molar refractivity (Wildman–Crippen MR) is 79.4 cm³/mol. The van der Waals surface area contributed by atoms with Crippen molar-refractivity contribution in [3.05, 3.63) is 67.5 Å². The second-order valence-electron chi connectivity index (χ2n) is 3.61. The molecular weight excluding hydrogens is 360 g/mol. The lowest BCUT2D eigenvalue weighted by molar-refractivity contribution is 0.646. The molecule has 1 aromatic carbocycles. The molecule has 1 heterocycles. The number of benzene rings is 1. The third-order valence-corrected chi connectivity index (χ3v) is 4.23. The van der Waals surface area contributed by atoms with Crippen LogP contribution in [0.5, 0.6) is 0 Å². The maximum Gasteiger partial charge on any atom is 0.282 e. The zero-order valence-corrected chi connectivity index (χ0v) is 12.6. The van der Waals surface area contributed by atoms with Gasteiger partial charge in [0.1, 0.15) is 4.47 Å². The summed E-state index contributed by atoms with van der Waals surface area (Å²) in [6.45, 7) is 0.444. The van der Waals surface area contributed by atoms with E-state index in [-0.39, 0.29) is 5.56 Å². The van der Waals surface area contributed by atoms with Gasteiger partial charge in [-0.1, -0.05) is 42.5 Å². The fourth-order valence-electron chi connectivity index (χ4n) is 1.43. The first-order valence-electron chi connectivity index (χ1n) is 5.31. The van der Waals surface area contributed by atoms with Crippen LogP contribution in [0.15, 0.2) is 56.3 Å². The molecule has 0 radical (unpaired) electrons. The van der Waals surface area contributed by atoms with E-state index in [1.165, 1.54) is 4.68 Å². The van der Waals surface area contributed by atoms with Crippen molar-refractivity contribution >= 4 is 37.9 Å². The Balaban J connectivity index is 2.14. The molecule has 0 saturated heterocycles. The van der Waals surface area contributed by atoms with Crippen LogP contribution in [0.3, 0.4) is 0 Å². The highest BCUT2D eigenvalue weighted by Crippen LogP contribution is 2.16. The van der Waals surface area contributed by atoms with Crippen molar-refractivity contribution < 1.29 is 0 Å². The van der Waals surface area contributed by atoms with E-state index in [1.807, 2.05) is 42.5 Å². The van der Waals surface area contributed by atoms with E-state index < -0.39 is 0 Å². The molecule has 0 spiro atoms. The minimum Gasteiger partial charge on any atom is -0.266 e. The Kier molecular flexibility index (Phi) is 4.49.